The minimum atomic E-state index is -2.73. The van der Waals surface area contributed by atoms with Gasteiger partial charge in [0.25, 0.3) is 0 Å². The first kappa shape index (κ1) is 23.4. The number of hydrogen-bond donors (Lipinski definition) is 0. The highest BCUT2D eigenvalue weighted by Gasteiger charge is 2.20. The van der Waals surface area contributed by atoms with E-state index in [9.17, 15) is 13.2 Å². The van der Waals surface area contributed by atoms with Gasteiger partial charge in [-0.3, -0.25) is 4.98 Å². The van der Waals surface area contributed by atoms with Crippen molar-refractivity contribution in [3.8, 4) is 16.9 Å². The van der Waals surface area contributed by atoms with Crippen LogP contribution in [0.15, 0.2) is 60.8 Å². The second kappa shape index (κ2) is 10.5. The Balaban J connectivity index is 0.000000214. The Morgan fingerprint density at radius 2 is 1.83 bits per heavy atom. The molecule has 0 saturated carbocycles. The van der Waals surface area contributed by atoms with Crippen LogP contribution in [0.1, 0.15) is 36.7 Å². The zero-order valence-electron chi connectivity index (χ0n) is 19.2. The summed E-state index contributed by atoms with van der Waals surface area (Å²) in [5.74, 6) is 1.48. The fourth-order valence-corrected chi connectivity index (χ4v) is 4.65. The molecule has 8 heteroatoms. The maximum absolute atomic E-state index is 14.6. The van der Waals surface area contributed by atoms with E-state index >= 15 is 0 Å². The highest BCUT2D eigenvalue weighted by Crippen LogP contribution is 2.32. The zero-order valence-corrected chi connectivity index (χ0v) is 19.2. The third-order valence-corrected chi connectivity index (χ3v) is 6.40. The summed E-state index contributed by atoms with van der Waals surface area (Å²) in [5, 5.41) is 0. The number of halogens is 3. The number of para-hydroxylation sites is 1. The topological polar surface area (TPSA) is 49.2 Å². The number of hydrogen-bond acceptors (Lipinski definition) is 4. The van der Waals surface area contributed by atoms with E-state index in [2.05, 4.69) is 19.3 Å². The number of aromatic nitrogens is 3. The van der Waals surface area contributed by atoms with Gasteiger partial charge in [-0.2, -0.15) is 8.78 Å². The molecule has 0 atom stereocenters. The van der Waals surface area contributed by atoms with E-state index in [-0.39, 0.29) is 11.6 Å². The van der Waals surface area contributed by atoms with E-state index in [0.29, 0.717) is 11.5 Å². The molecule has 35 heavy (non-hydrogen) atoms. The second-order valence-corrected chi connectivity index (χ2v) is 8.65. The molecule has 1 fully saturated rings. The van der Waals surface area contributed by atoms with Gasteiger partial charge in [-0.25, -0.2) is 9.37 Å². The van der Waals surface area contributed by atoms with Crippen LogP contribution < -0.4 is 4.74 Å². The molecule has 182 valence electrons. The fraction of sp³-hybridized carbons (Fsp3) is 0.333. The molecular formula is C27H26F3N3O2. The van der Waals surface area contributed by atoms with Crippen molar-refractivity contribution >= 4 is 11.0 Å². The number of alkyl halides is 2. The third-order valence-electron chi connectivity index (χ3n) is 6.40. The molecule has 0 aliphatic carbocycles. The van der Waals surface area contributed by atoms with Crippen LogP contribution in [0, 0.1) is 5.82 Å². The molecule has 0 unspecified atom stereocenters. The standard InChI is InChI=1S/C20H20FN3O.C7H6F2O/c21-16-11-18-19(24-7-1-2-20(24)23-18)10-15(16)14-3-4-17(22-12-14)13-5-8-25-9-6-13;8-7(9)10-6-4-2-1-3-5-6/h3-4,10-13H,1-2,5-9H2;1-5,7H. The van der Waals surface area contributed by atoms with Crippen LogP contribution in [0.25, 0.3) is 22.2 Å². The SMILES string of the molecule is FC(F)Oc1ccccc1.Fc1cc2nc3n(c2cc1-c1ccc(C2CCOCC2)nc1)CCC3. The smallest absolute Gasteiger partial charge is 0.387 e. The molecule has 0 radical (unpaired) electrons. The number of fused-ring (bicyclic) bond motifs is 3. The van der Waals surface area contributed by atoms with E-state index in [1.807, 2.05) is 18.2 Å². The molecule has 0 bridgehead atoms. The van der Waals surface area contributed by atoms with E-state index in [0.717, 1.165) is 73.6 Å². The van der Waals surface area contributed by atoms with Crippen molar-refractivity contribution in [2.75, 3.05) is 13.2 Å². The largest absolute Gasteiger partial charge is 0.435 e. The number of imidazole rings is 1. The summed E-state index contributed by atoms with van der Waals surface area (Å²) in [4.78, 5) is 9.18. The minimum Gasteiger partial charge on any atom is -0.435 e. The van der Waals surface area contributed by atoms with Crippen LogP contribution in [0.2, 0.25) is 0 Å². The first-order valence-electron chi connectivity index (χ1n) is 11.8. The van der Waals surface area contributed by atoms with Gasteiger partial charge in [0.1, 0.15) is 17.4 Å². The quantitative estimate of drug-likeness (QED) is 0.340. The Morgan fingerprint density at radius 3 is 2.54 bits per heavy atom. The number of nitrogens with zero attached hydrogens (tertiary/aromatic N) is 3. The highest BCUT2D eigenvalue weighted by atomic mass is 19.3. The normalized spacial score (nSPS) is 15.7. The summed E-state index contributed by atoms with van der Waals surface area (Å²) >= 11 is 0. The Labute approximate surface area is 201 Å². The molecule has 4 aromatic rings. The van der Waals surface area contributed by atoms with Crippen LogP contribution in [-0.2, 0) is 17.7 Å². The van der Waals surface area contributed by atoms with Crippen molar-refractivity contribution < 1.29 is 22.6 Å². The first-order chi connectivity index (χ1) is 17.1. The van der Waals surface area contributed by atoms with Gasteiger partial charge in [-0.15, -0.1) is 0 Å². The molecule has 6 rings (SSSR count). The van der Waals surface area contributed by atoms with Gasteiger partial charge >= 0.3 is 6.61 Å². The summed E-state index contributed by atoms with van der Waals surface area (Å²) in [6.45, 7) is -0.169. The molecule has 2 aliphatic rings. The van der Waals surface area contributed by atoms with Crippen LogP contribution in [0.4, 0.5) is 13.2 Å². The van der Waals surface area contributed by atoms with E-state index < -0.39 is 6.61 Å². The lowest BCUT2D eigenvalue weighted by Gasteiger charge is -2.21. The van der Waals surface area contributed by atoms with Crippen molar-refractivity contribution in [2.45, 2.75) is 44.8 Å². The van der Waals surface area contributed by atoms with Crippen molar-refractivity contribution in [3.05, 3.63) is 78.1 Å². The van der Waals surface area contributed by atoms with Crippen LogP contribution in [0.5, 0.6) is 5.75 Å². The number of rotatable bonds is 4. The van der Waals surface area contributed by atoms with Gasteiger partial charge in [0.2, 0.25) is 0 Å². The van der Waals surface area contributed by atoms with E-state index in [1.54, 1.807) is 30.5 Å². The lowest BCUT2D eigenvalue weighted by Crippen LogP contribution is -2.14. The summed E-state index contributed by atoms with van der Waals surface area (Å²) < 4.78 is 49.3. The lowest BCUT2D eigenvalue weighted by molar-refractivity contribution is -0.0498. The molecule has 5 nitrogen and oxygen atoms in total. The first-order valence-corrected chi connectivity index (χ1v) is 11.8. The number of pyridine rings is 1. The van der Waals surface area contributed by atoms with Gasteiger partial charge in [0, 0.05) is 61.2 Å². The molecule has 1 saturated heterocycles. The number of ether oxygens (including phenoxy) is 2. The van der Waals surface area contributed by atoms with E-state index in [4.69, 9.17) is 4.74 Å². The second-order valence-electron chi connectivity index (χ2n) is 8.65. The molecule has 0 amide bonds. The van der Waals surface area contributed by atoms with Gasteiger partial charge in [0.15, 0.2) is 0 Å². The average molecular weight is 482 g/mol. The Kier molecular flexibility index (Phi) is 6.99. The summed E-state index contributed by atoms with van der Waals surface area (Å²) in [7, 11) is 0. The predicted molar refractivity (Wildman–Crippen MR) is 127 cm³/mol. The average Bonchev–Trinajstić information content (AvgIpc) is 3.46. The van der Waals surface area contributed by atoms with Crippen molar-refractivity contribution in [2.24, 2.45) is 0 Å². The van der Waals surface area contributed by atoms with E-state index in [1.165, 1.54) is 12.1 Å². The Hall–Kier alpha value is -3.39. The lowest BCUT2D eigenvalue weighted by atomic mass is 9.95. The summed E-state index contributed by atoms with van der Waals surface area (Å²) in [6.07, 6.45) is 5.92. The van der Waals surface area contributed by atoms with Crippen molar-refractivity contribution in [1.82, 2.24) is 14.5 Å². The monoisotopic (exact) mass is 481 g/mol. The number of benzene rings is 2. The molecule has 2 aromatic carbocycles. The highest BCUT2D eigenvalue weighted by molar-refractivity contribution is 5.83. The predicted octanol–water partition coefficient (Wildman–Crippen LogP) is 6.37. The van der Waals surface area contributed by atoms with Gasteiger partial charge < -0.3 is 14.0 Å². The third kappa shape index (κ3) is 5.32. The minimum absolute atomic E-state index is 0.192. The van der Waals surface area contributed by atoms with Gasteiger partial charge in [-0.1, -0.05) is 24.3 Å². The van der Waals surface area contributed by atoms with Crippen molar-refractivity contribution in [1.29, 1.82) is 0 Å². The van der Waals surface area contributed by atoms with Crippen LogP contribution in [-0.4, -0.2) is 34.4 Å². The molecular weight excluding hydrogens is 455 g/mol. The molecule has 4 heterocycles. The molecule has 2 aromatic heterocycles. The van der Waals surface area contributed by atoms with Crippen LogP contribution in [0.3, 0.4) is 0 Å². The van der Waals surface area contributed by atoms with Crippen LogP contribution >= 0.6 is 0 Å². The molecule has 2 aliphatic heterocycles. The molecule has 0 spiro atoms. The Bertz CT molecular complexity index is 1270. The maximum atomic E-state index is 14.6. The molecule has 0 N–H and O–H groups in total. The maximum Gasteiger partial charge on any atom is 0.387 e. The zero-order chi connectivity index (χ0) is 24.2. The number of aryl methyl sites for hydroxylation is 2. The fourth-order valence-electron chi connectivity index (χ4n) is 4.65. The summed E-state index contributed by atoms with van der Waals surface area (Å²) in [6, 6.07) is 15.5. The Morgan fingerprint density at radius 1 is 1.03 bits per heavy atom. The summed E-state index contributed by atoms with van der Waals surface area (Å²) in [5.41, 5.74) is 4.29. The van der Waals surface area contributed by atoms with Crippen molar-refractivity contribution in [3.63, 3.8) is 0 Å². The van der Waals surface area contributed by atoms with Gasteiger partial charge in [0.05, 0.1) is 11.0 Å². The van der Waals surface area contributed by atoms with Gasteiger partial charge in [-0.05, 0) is 43.5 Å².